The van der Waals surface area contributed by atoms with Crippen LogP contribution in [-0.4, -0.2) is 42.9 Å². The van der Waals surface area contributed by atoms with Crippen LogP contribution in [0.3, 0.4) is 0 Å². The molecule has 2 heterocycles. The lowest BCUT2D eigenvalue weighted by Crippen LogP contribution is -2.50. The van der Waals surface area contributed by atoms with Crippen LogP contribution >= 0.6 is 0 Å². The summed E-state index contributed by atoms with van der Waals surface area (Å²) in [5.74, 6) is 0.469. The number of sulfonamides is 1. The van der Waals surface area contributed by atoms with E-state index in [0.29, 0.717) is 18.9 Å². The number of hydrogen-bond acceptors (Lipinski definition) is 5. The molecule has 1 aromatic heterocycles. The molecule has 0 aromatic carbocycles. The van der Waals surface area contributed by atoms with Crippen molar-refractivity contribution in [3.8, 4) is 0 Å². The van der Waals surface area contributed by atoms with E-state index in [1.165, 1.54) is 4.57 Å². The average molecular weight is 342 g/mol. The van der Waals surface area contributed by atoms with Crippen molar-refractivity contribution in [3.05, 3.63) is 22.7 Å². The lowest BCUT2D eigenvalue weighted by Gasteiger charge is -2.33. The van der Waals surface area contributed by atoms with E-state index in [4.69, 9.17) is 0 Å². The highest BCUT2D eigenvalue weighted by atomic mass is 32.2. The highest BCUT2D eigenvalue weighted by Gasteiger charge is 2.28. The SMILES string of the molecule is Cn1ccnc(N2CCCC(NS(=O)(=O)CC(C)(C)C)C2)c1=O. The van der Waals surface area contributed by atoms with E-state index in [0.717, 1.165) is 12.8 Å². The molecule has 0 amide bonds. The zero-order valence-corrected chi connectivity index (χ0v) is 15.1. The van der Waals surface area contributed by atoms with Gasteiger partial charge in [0.2, 0.25) is 10.0 Å². The molecule has 2 rings (SSSR count). The molecule has 1 aliphatic heterocycles. The fourth-order valence-corrected chi connectivity index (χ4v) is 4.76. The smallest absolute Gasteiger partial charge is 0.293 e. The van der Waals surface area contributed by atoms with Gasteiger partial charge in [-0.3, -0.25) is 4.79 Å². The lowest BCUT2D eigenvalue weighted by atomic mass is 10.0. The van der Waals surface area contributed by atoms with Gasteiger partial charge in [-0.2, -0.15) is 0 Å². The standard InChI is InChI=1S/C15H26N4O3S/c1-15(2,3)11-23(21,22)17-12-6-5-8-19(10-12)13-14(20)18(4)9-7-16-13/h7,9,12,17H,5-6,8,10-11H2,1-4H3. The Hall–Kier alpha value is -1.41. The summed E-state index contributed by atoms with van der Waals surface area (Å²) in [7, 11) is -1.66. The molecular weight excluding hydrogens is 316 g/mol. The first-order chi connectivity index (χ1) is 10.6. The van der Waals surface area contributed by atoms with Gasteiger partial charge >= 0.3 is 0 Å². The number of rotatable bonds is 4. The number of aryl methyl sites for hydroxylation is 1. The Labute approximate surface area is 137 Å². The van der Waals surface area contributed by atoms with Crippen molar-refractivity contribution in [2.45, 2.75) is 39.7 Å². The Bertz CT molecular complexity index is 706. The maximum atomic E-state index is 12.3. The molecule has 1 N–H and O–H groups in total. The molecule has 1 atom stereocenters. The monoisotopic (exact) mass is 342 g/mol. The van der Waals surface area contributed by atoms with Gasteiger partial charge in [-0.25, -0.2) is 18.1 Å². The van der Waals surface area contributed by atoms with Gasteiger partial charge in [0.15, 0.2) is 5.82 Å². The van der Waals surface area contributed by atoms with Gasteiger partial charge in [-0.1, -0.05) is 20.8 Å². The van der Waals surface area contributed by atoms with Crippen LogP contribution in [0.1, 0.15) is 33.6 Å². The highest BCUT2D eigenvalue weighted by Crippen LogP contribution is 2.18. The van der Waals surface area contributed by atoms with Gasteiger partial charge in [0.25, 0.3) is 5.56 Å². The Balaban J connectivity index is 2.10. The predicted octanol–water partition coefficient (Wildman–Crippen LogP) is 0.715. The van der Waals surface area contributed by atoms with Gasteiger partial charge in [-0.05, 0) is 18.3 Å². The highest BCUT2D eigenvalue weighted by molar-refractivity contribution is 7.89. The second-order valence-corrected chi connectivity index (χ2v) is 9.14. The normalized spacial score (nSPS) is 19.8. The number of nitrogens with one attached hydrogen (secondary N) is 1. The Morgan fingerprint density at radius 3 is 2.74 bits per heavy atom. The maximum absolute atomic E-state index is 12.3. The number of nitrogens with zero attached hydrogens (tertiary/aromatic N) is 3. The van der Waals surface area contributed by atoms with Gasteiger partial charge < -0.3 is 9.47 Å². The summed E-state index contributed by atoms with van der Waals surface area (Å²) in [5.41, 5.74) is -0.456. The molecule has 0 radical (unpaired) electrons. The molecule has 1 fully saturated rings. The molecule has 0 bridgehead atoms. The van der Waals surface area contributed by atoms with Crippen molar-refractivity contribution < 1.29 is 8.42 Å². The van der Waals surface area contributed by atoms with Gasteiger partial charge in [0.1, 0.15) is 0 Å². The van der Waals surface area contributed by atoms with E-state index in [1.54, 1.807) is 19.4 Å². The van der Waals surface area contributed by atoms with Crippen molar-refractivity contribution in [1.82, 2.24) is 14.3 Å². The molecular formula is C15H26N4O3S. The van der Waals surface area contributed by atoms with Gasteiger partial charge in [0.05, 0.1) is 5.75 Å². The topological polar surface area (TPSA) is 84.3 Å². The molecule has 1 aliphatic rings. The van der Waals surface area contributed by atoms with Gasteiger partial charge in [0, 0.05) is 38.6 Å². The molecule has 7 nitrogen and oxygen atoms in total. The minimum atomic E-state index is -3.34. The summed E-state index contributed by atoms with van der Waals surface area (Å²) in [5, 5.41) is 0. The molecule has 1 unspecified atom stereocenters. The number of piperidine rings is 1. The van der Waals surface area contributed by atoms with Crippen LogP contribution in [0.15, 0.2) is 17.2 Å². The third-order valence-electron chi connectivity index (χ3n) is 3.69. The van der Waals surface area contributed by atoms with Crippen molar-refractivity contribution >= 4 is 15.8 Å². The fraction of sp³-hybridized carbons (Fsp3) is 0.733. The van der Waals surface area contributed by atoms with Crippen LogP contribution in [0.25, 0.3) is 0 Å². The Morgan fingerprint density at radius 1 is 1.39 bits per heavy atom. The molecule has 8 heteroatoms. The van der Waals surface area contributed by atoms with Crippen molar-refractivity contribution in [2.24, 2.45) is 12.5 Å². The van der Waals surface area contributed by atoms with Crippen LogP contribution in [0, 0.1) is 5.41 Å². The zero-order valence-electron chi connectivity index (χ0n) is 14.2. The average Bonchev–Trinajstić information content (AvgIpc) is 2.38. The first-order valence-corrected chi connectivity index (χ1v) is 9.49. The van der Waals surface area contributed by atoms with Crippen molar-refractivity contribution in [3.63, 3.8) is 0 Å². The van der Waals surface area contributed by atoms with Crippen molar-refractivity contribution in [2.75, 3.05) is 23.7 Å². The summed E-state index contributed by atoms with van der Waals surface area (Å²) >= 11 is 0. The minimum Gasteiger partial charge on any atom is -0.350 e. The zero-order chi connectivity index (χ0) is 17.3. The molecule has 0 aliphatic carbocycles. The van der Waals surface area contributed by atoms with Crippen LogP contribution in [0.2, 0.25) is 0 Å². The number of hydrogen-bond donors (Lipinski definition) is 1. The summed E-state index contributed by atoms with van der Waals surface area (Å²) in [4.78, 5) is 18.2. The summed E-state index contributed by atoms with van der Waals surface area (Å²) in [6.07, 6.45) is 4.79. The van der Waals surface area contributed by atoms with Crippen molar-refractivity contribution in [1.29, 1.82) is 0 Å². The first kappa shape index (κ1) is 17.9. The largest absolute Gasteiger partial charge is 0.350 e. The molecule has 1 aromatic rings. The van der Waals surface area contributed by atoms with Crippen LogP contribution in [-0.2, 0) is 17.1 Å². The van der Waals surface area contributed by atoms with Crippen LogP contribution < -0.4 is 15.2 Å². The summed E-state index contributed by atoms with van der Waals surface area (Å²) in [6, 6.07) is -0.192. The maximum Gasteiger partial charge on any atom is 0.293 e. The van der Waals surface area contributed by atoms with Crippen LogP contribution in [0.5, 0.6) is 0 Å². The van der Waals surface area contributed by atoms with E-state index in [-0.39, 0.29) is 22.8 Å². The molecule has 1 saturated heterocycles. The predicted molar refractivity (Wildman–Crippen MR) is 91.1 cm³/mol. The number of aromatic nitrogens is 2. The third-order valence-corrected chi connectivity index (χ3v) is 5.63. The molecule has 0 spiro atoms. The van der Waals surface area contributed by atoms with E-state index in [9.17, 15) is 13.2 Å². The second kappa shape index (κ2) is 6.60. The molecule has 23 heavy (non-hydrogen) atoms. The van der Waals surface area contributed by atoms with E-state index >= 15 is 0 Å². The summed E-state index contributed by atoms with van der Waals surface area (Å²) < 4.78 is 28.8. The molecule has 0 saturated carbocycles. The Morgan fingerprint density at radius 2 is 2.09 bits per heavy atom. The van der Waals surface area contributed by atoms with Crippen LogP contribution in [0.4, 0.5) is 5.82 Å². The Kier molecular flexibility index (Phi) is 5.15. The first-order valence-electron chi connectivity index (χ1n) is 7.84. The fourth-order valence-electron chi connectivity index (χ4n) is 2.83. The second-order valence-electron chi connectivity index (χ2n) is 7.39. The van der Waals surface area contributed by atoms with E-state index < -0.39 is 10.0 Å². The van der Waals surface area contributed by atoms with E-state index in [1.807, 2.05) is 25.7 Å². The summed E-state index contributed by atoms with van der Waals surface area (Å²) in [6.45, 7) is 6.88. The lowest BCUT2D eigenvalue weighted by molar-refractivity contribution is 0.436. The third kappa shape index (κ3) is 5.04. The van der Waals surface area contributed by atoms with E-state index in [2.05, 4.69) is 9.71 Å². The number of anilines is 1. The minimum absolute atomic E-state index is 0.0852. The van der Waals surface area contributed by atoms with Gasteiger partial charge in [-0.15, -0.1) is 0 Å². The quantitative estimate of drug-likeness (QED) is 0.871. The molecule has 130 valence electrons.